The van der Waals surface area contributed by atoms with E-state index in [0.717, 1.165) is 45.0 Å². The number of hydrogen-bond acceptors (Lipinski definition) is 4. The Hall–Kier alpha value is -0.910. The van der Waals surface area contributed by atoms with E-state index in [1.165, 1.54) is 0 Å². The average Bonchev–Trinajstić information content (AvgIpc) is 2.94. The molecule has 2 atom stereocenters. The minimum Gasteiger partial charge on any atom is -0.378 e. The molecule has 1 aromatic rings. The monoisotopic (exact) mass is 294 g/mol. The minimum absolute atomic E-state index is 0.440. The lowest BCUT2D eigenvalue weighted by Gasteiger charge is -2.35. The lowest BCUT2D eigenvalue weighted by molar-refractivity contribution is -0.0121. The van der Waals surface area contributed by atoms with E-state index in [1.807, 2.05) is 0 Å². The Morgan fingerprint density at radius 1 is 1.43 bits per heavy atom. The van der Waals surface area contributed by atoms with Crippen molar-refractivity contribution in [1.29, 1.82) is 0 Å². The summed E-state index contributed by atoms with van der Waals surface area (Å²) in [5.41, 5.74) is 1.16. The zero-order valence-electron chi connectivity index (χ0n) is 13.9. The van der Waals surface area contributed by atoms with E-state index >= 15 is 0 Å². The highest BCUT2D eigenvalue weighted by Crippen LogP contribution is 2.14. The molecule has 0 spiro atoms. The van der Waals surface area contributed by atoms with Crippen molar-refractivity contribution in [3.63, 3.8) is 0 Å². The Kier molecular flexibility index (Phi) is 6.21. The highest BCUT2D eigenvalue weighted by molar-refractivity contribution is 5.00. The van der Waals surface area contributed by atoms with Crippen LogP contribution >= 0.6 is 0 Å². The zero-order chi connectivity index (χ0) is 15.2. The molecule has 1 fully saturated rings. The molecule has 0 bridgehead atoms. The van der Waals surface area contributed by atoms with Crippen molar-refractivity contribution in [2.24, 2.45) is 0 Å². The van der Waals surface area contributed by atoms with Gasteiger partial charge >= 0.3 is 0 Å². The summed E-state index contributed by atoms with van der Waals surface area (Å²) in [4.78, 5) is 2.49. The van der Waals surface area contributed by atoms with Crippen LogP contribution in [0.3, 0.4) is 0 Å². The fourth-order valence-electron chi connectivity index (χ4n) is 2.56. The van der Waals surface area contributed by atoms with Crippen LogP contribution in [0.5, 0.6) is 0 Å². The number of morpholine rings is 1. The molecular formula is C16H30N4O. The minimum atomic E-state index is 0.440. The standard InChI is InChI=1S/C16H30N4O/c1-5-14(4)20-7-6-15(18-20)11-19-8-9-21-12-16(19)10-17-13(2)3/h6-7,13-14,16-17H,5,8-12H2,1-4H3. The van der Waals surface area contributed by atoms with Crippen LogP contribution in [-0.4, -0.2) is 53.1 Å². The number of ether oxygens (including phenoxy) is 1. The molecule has 1 N–H and O–H groups in total. The number of hydrogen-bond donors (Lipinski definition) is 1. The third-order valence-electron chi connectivity index (χ3n) is 4.18. The molecule has 0 aromatic carbocycles. The van der Waals surface area contributed by atoms with Crippen LogP contribution in [0.1, 0.15) is 45.9 Å². The molecule has 5 heteroatoms. The van der Waals surface area contributed by atoms with E-state index in [-0.39, 0.29) is 0 Å². The van der Waals surface area contributed by atoms with E-state index in [9.17, 15) is 0 Å². The predicted molar refractivity (Wildman–Crippen MR) is 85.4 cm³/mol. The summed E-state index contributed by atoms with van der Waals surface area (Å²) in [5, 5.41) is 8.23. The van der Waals surface area contributed by atoms with Gasteiger partial charge in [0.05, 0.1) is 18.9 Å². The molecule has 0 amide bonds. The van der Waals surface area contributed by atoms with Crippen LogP contribution in [0.25, 0.3) is 0 Å². The lowest BCUT2D eigenvalue weighted by atomic mass is 10.2. The molecule has 21 heavy (non-hydrogen) atoms. The molecule has 0 radical (unpaired) electrons. The number of nitrogens with one attached hydrogen (secondary N) is 1. The first-order valence-corrected chi connectivity index (χ1v) is 8.19. The Labute approximate surface area is 128 Å². The SMILES string of the molecule is CCC(C)n1ccc(CN2CCOCC2CNC(C)C)n1. The topological polar surface area (TPSA) is 42.3 Å². The highest BCUT2D eigenvalue weighted by Gasteiger charge is 2.23. The second kappa shape index (κ2) is 7.92. The Morgan fingerprint density at radius 2 is 2.24 bits per heavy atom. The van der Waals surface area contributed by atoms with Crippen LogP contribution in [0.4, 0.5) is 0 Å². The molecule has 1 aliphatic rings. The van der Waals surface area contributed by atoms with E-state index in [4.69, 9.17) is 9.84 Å². The van der Waals surface area contributed by atoms with Gasteiger partial charge in [0.1, 0.15) is 0 Å². The molecule has 2 rings (SSSR count). The zero-order valence-corrected chi connectivity index (χ0v) is 13.9. The predicted octanol–water partition coefficient (Wildman–Crippen LogP) is 2.05. The summed E-state index contributed by atoms with van der Waals surface area (Å²) in [6.07, 6.45) is 3.21. The normalized spacial score (nSPS) is 21.9. The van der Waals surface area contributed by atoms with Gasteiger partial charge < -0.3 is 10.1 Å². The fourth-order valence-corrected chi connectivity index (χ4v) is 2.56. The van der Waals surface area contributed by atoms with E-state index in [0.29, 0.717) is 18.1 Å². The van der Waals surface area contributed by atoms with Crippen LogP contribution in [0, 0.1) is 0 Å². The van der Waals surface area contributed by atoms with Gasteiger partial charge in [-0.05, 0) is 19.4 Å². The van der Waals surface area contributed by atoms with Crippen molar-refractivity contribution < 1.29 is 4.74 Å². The van der Waals surface area contributed by atoms with Gasteiger partial charge in [0.25, 0.3) is 0 Å². The molecule has 1 aromatic heterocycles. The van der Waals surface area contributed by atoms with Gasteiger partial charge in [-0.3, -0.25) is 9.58 Å². The highest BCUT2D eigenvalue weighted by atomic mass is 16.5. The molecule has 1 saturated heterocycles. The van der Waals surface area contributed by atoms with E-state index < -0.39 is 0 Å². The third-order valence-corrected chi connectivity index (χ3v) is 4.18. The summed E-state index contributed by atoms with van der Waals surface area (Å²) in [5.74, 6) is 0. The first-order valence-electron chi connectivity index (χ1n) is 8.19. The smallest absolute Gasteiger partial charge is 0.0765 e. The molecule has 2 heterocycles. The van der Waals surface area contributed by atoms with E-state index in [1.54, 1.807) is 0 Å². The quantitative estimate of drug-likeness (QED) is 0.836. The van der Waals surface area contributed by atoms with Gasteiger partial charge in [-0.2, -0.15) is 5.10 Å². The summed E-state index contributed by atoms with van der Waals surface area (Å²) < 4.78 is 7.72. The molecule has 0 aliphatic carbocycles. The van der Waals surface area contributed by atoms with Crippen molar-refractivity contribution >= 4 is 0 Å². The van der Waals surface area contributed by atoms with Gasteiger partial charge in [0.15, 0.2) is 0 Å². The van der Waals surface area contributed by atoms with Crippen molar-refractivity contribution in [3.8, 4) is 0 Å². The second-order valence-electron chi connectivity index (χ2n) is 6.31. The lowest BCUT2D eigenvalue weighted by Crippen LogP contribution is -2.50. The van der Waals surface area contributed by atoms with Gasteiger partial charge in [-0.1, -0.05) is 20.8 Å². The van der Waals surface area contributed by atoms with Gasteiger partial charge in [-0.25, -0.2) is 0 Å². The average molecular weight is 294 g/mol. The maximum atomic E-state index is 5.64. The van der Waals surface area contributed by atoms with Crippen LogP contribution in [-0.2, 0) is 11.3 Å². The fraction of sp³-hybridized carbons (Fsp3) is 0.812. The van der Waals surface area contributed by atoms with E-state index in [2.05, 4.69) is 54.9 Å². The largest absolute Gasteiger partial charge is 0.378 e. The van der Waals surface area contributed by atoms with Crippen molar-refractivity contribution in [1.82, 2.24) is 20.0 Å². The van der Waals surface area contributed by atoms with Gasteiger partial charge in [-0.15, -0.1) is 0 Å². The molecule has 1 aliphatic heterocycles. The first kappa shape index (κ1) is 16.5. The van der Waals surface area contributed by atoms with Crippen LogP contribution in [0.15, 0.2) is 12.3 Å². The number of nitrogens with zero attached hydrogens (tertiary/aromatic N) is 3. The van der Waals surface area contributed by atoms with Crippen molar-refractivity contribution in [3.05, 3.63) is 18.0 Å². The van der Waals surface area contributed by atoms with Crippen molar-refractivity contribution in [2.75, 3.05) is 26.3 Å². The van der Waals surface area contributed by atoms with Crippen LogP contribution < -0.4 is 5.32 Å². The maximum Gasteiger partial charge on any atom is 0.0765 e. The summed E-state index contributed by atoms with van der Waals surface area (Å²) in [6.45, 7) is 13.3. The van der Waals surface area contributed by atoms with Crippen LogP contribution in [0.2, 0.25) is 0 Å². The summed E-state index contributed by atoms with van der Waals surface area (Å²) >= 11 is 0. The molecular weight excluding hydrogens is 264 g/mol. The number of rotatable bonds is 7. The number of aromatic nitrogens is 2. The summed E-state index contributed by atoms with van der Waals surface area (Å²) in [6, 6.07) is 3.57. The maximum absolute atomic E-state index is 5.64. The Bertz CT molecular complexity index is 418. The molecule has 5 nitrogen and oxygen atoms in total. The molecule has 2 unspecified atom stereocenters. The Morgan fingerprint density at radius 3 is 2.95 bits per heavy atom. The third kappa shape index (κ3) is 4.80. The first-order chi connectivity index (χ1) is 10.1. The second-order valence-corrected chi connectivity index (χ2v) is 6.31. The Balaban J connectivity index is 1.93. The summed E-state index contributed by atoms with van der Waals surface area (Å²) in [7, 11) is 0. The van der Waals surface area contributed by atoms with Gasteiger partial charge in [0, 0.05) is 44.0 Å². The van der Waals surface area contributed by atoms with Gasteiger partial charge in [0.2, 0.25) is 0 Å². The molecule has 120 valence electrons. The van der Waals surface area contributed by atoms with Crippen molar-refractivity contribution in [2.45, 2.75) is 58.8 Å². The molecule has 0 saturated carbocycles.